The summed E-state index contributed by atoms with van der Waals surface area (Å²) in [5.41, 5.74) is 0. The van der Waals surface area contributed by atoms with Gasteiger partial charge in [0.2, 0.25) is 6.10 Å². The molecule has 0 aromatic carbocycles. The highest BCUT2D eigenvalue weighted by Gasteiger charge is 2.71. The van der Waals surface area contributed by atoms with Crippen molar-refractivity contribution in [3.05, 3.63) is 0 Å². The van der Waals surface area contributed by atoms with Gasteiger partial charge in [-0.15, -0.1) is 0 Å². The van der Waals surface area contributed by atoms with Crippen LogP contribution in [0.25, 0.3) is 0 Å². The molecule has 0 amide bonds. The van der Waals surface area contributed by atoms with Crippen LogP contribution in [0.15, 0.2) is 0 Å². The molecule has 4 heterocycles. The van der Waals surface area contributed by atoms with E-state index in [9.17, 15) is 31.2 Å². The zero-order valence-corrected chi connectivity index (χ0v) is 14.7. The molecule has 1 N–H and O–H groups in total. The second-order valence-corrected chi connectivity index (χ2v) is 8.48. The van der Waals surface area contributed by atoms with Crippen molar-refractivity contribution in [2.24, 2.45) is 11.8 Å². The lowest BCUT2D eigenvalue weighted by Crippen LogP contribution is -2.49. The van der Waals surface area contributed by atoms with Crippen LogP contribution in [-0.4, -0.2) is 86.7 Å². The van der Waals surface area contributed by atoms with Gasteiger partial charge in [0.25, 0.3) is 10.1 Å². The fourth-order valence-corrected chi connectivity index (χ4v) is 4.42. The number of hydrogen-bond acceptors (Lipinski definition) is 9. The quantitative estimate of drug-likeness (QED) is 0.305. The maximum atomic E-state index is 13.0. The lowest BCUT2D eigenvalue weighted by atomic mass is 9.78. The third-order valence-electron chi connectivity index (χ3n) is 5.04. The SMILES string of the molecule is O=C(OC(CS(=O)(=O)O)C(F)(F)F)C1C2OC3C(OC(=O)C31)C2OCC1CO1. The van der Waals surface area contributed by atoms with Gasteiger partial charge in [0.15, 0.2) is 6.10 Å². The minimum Gasteiger partial charge on any atom is -0.456 e. The van der Waals surface area contributed by atoms with Crippen LogP contribution in [0.3, 0.4) is 0 Å². The third kappa shape index (κ3) is 3.58. The number of carbonyl (C=O) groups is 2. The monoisotopic (exact) mass is 432 g/mol. The Kier molecular flexibility index (Phi) is 4.61. The van der Waals surface area contributed by atoms with Crippen molar-refractivity contribution in [1.82, 2.24) is 0 Å². The minimum atomic E-state index is -5.25. The summed E-state index contributed by atoms with van der Waals surface area (Å²) in [5, 5.41) is 0. The molecule has 28 heavy (non-hydrogen) atoms. The molecule has 0 spiro atoms. The molecule has 0 aliphatic carbocycles. The largest absolute Gasteiger partial charge is 0.456 e. The fourth-order valence-electron chi connectivity index (χ4n) is 3.78. The van der Waals surface area contributed by atoms with Crippen LogP contribution in [-0.2, 0) is 43.4 Å². The van der Waals surface area contributed by atoms with Crippen molar-refractivity contribution in [3.8, 4) is 0 Å². The van der Waals surface area contributed by atoms with Crippen molar-refractivity contribution in [2.45, 2.75) is 42.8 Å². The standard InChI is InChI=1S/C14H15F3O10S/c15-14(16,17)5(3-28(20,21)22)25-12(18)6-7-9-11(27-13(7)19)10(8(6)26-9)24-2-4-1-23-4/h4-11H,1-3H2,(H,20,21,22). The highest BCUT2D eigenvalue weighted by molar-refractivity contribution is 7.85. The fraction of sp³-hybridized carbons (Fsp3) is 0.857. The van der Waals surface area contributed by atoms with Gasteiger partial charge >= 0.3 is 18.1 Å². The molecular weight excluding hydrogens is 417 g/mol. The number of halogens is 3. The Labute approximate surface area is 155 Å². The van der Waals surface area contributed by atoms with Crippen molar-refractivity contribution in [2.75, 3.05) is 19.0 Å². The molecular formula is C14H15F3O10S. The molecule has 0 radical (unpaired) electrons. The van der Waals surface area contributed by atoms with Gasteiger partial charge in [-0.25, -0.2) is 0 Å². The van der Waals surface area contributed by atoms with E-state index in [4.69, 9.17) is 23.5 Å². The van der Waals surface area contributed by atoms with Crippen LogP contribution in [0.2, 0.25) is 0 Å². The second-order valence-electron chi connectivity index (χ2n) is 6.99. The van der Waals surface area contributed by atoms with Gasteiger partial charge in [-0.05, 0) is 0 Å². The average Bonchev–Trinajstić information content (AvgIpc) is 3.12. The average molecular weight is 432 g/mol. The zero-order valence-electron chi connectivity index (χ0n) is 13.9. The molecule has 0 saturated carbocycles. The predicted molar refractivity (Wildman–Crippen MR) is 77.4 cm³/mol. The number of hydrogen-bond donors (Lipinski definition) is 1. The highest BCUT2D eigenvalue weighted by atomic mass is 32.2. The van der Waals surface area contributed by atoms with Gasteiger partial charge < -0.3 is 23.7 Å². The van der Waals surface area contributed by atoms with E-state index in [1.807, 2.05) is 0 Å². The van der Waals surface area contributed by atoms with E-state index < -0.39 is 76.3 Å². The molecule has 4 rings (SSSR count). The summed E-state index contributed by atoms with van der Waals surface area (Å²) in [7, 11) is -5.09. The predicted octanol–water partition coefficient (Wildman–Crippen LogP) is -0.929. The highest BCUT2D eigenvalue weighted by Crippen LogP contribution is 2.51. The second kappa shape index (κ2) is 6.52. The van der Waals surface area contributed by atoms with E-state index in [1.54, 1.807) is 0 Å². The van der Waals surface area contributed by atoms with Crippen molar-refractivity contribution >= 4 is 22.1 Å². The van der Waals surface area contributed by atoms with Crippen LogP contribution in [0.5, 0.6) is 0 Å². The van der Waals surface area contributed by atoms with Crippen LogP contribution in [0.1, 0.15) is 0 Å². The van der Waals surface area contributed by atoms with Crippen LogP contribution < -0.4 is 0 Å². The molecule has 10 nitrogen and oxygen atoms in total. The van der Waals surface area contributed by atoms with Crippen molar-refractivity contribution in [3.63, 3.8) is 0 Å². The van der Waals surface area contributed by atoms with Gasteiger partial charge in [0.05, 0.1) is 13.2 Å². The van der Waals surface area contributed by atoms with E-state index >= 15 is 0 Å². The minimum absolute atomic E-state index is 0.131. The van der Waals surface area contributed by atoms with Crippen LogP contribution in [0.4, 0.5) is 13.2 Å². The Balaban J connectivity index is 1.51. The first-order valence-corrected chi connectivity index (χ1v) is 9.88. The first kappa shape index (κ1) is 19.8. The number of rotatable bonds is 7. The Morgan fingerprint density at radius 2 is 1.96 bits per heavy atom. The van der Waals surface area contributed by atoms with Crippen molar-refractivity contribution in [1.29, 1.82) is 0 Å². The lowest BCUT2D eigenvalue weighted by Gasteiger charge is -2.28. The van der Waals surface area contributed by atoms with Crippen LogP contribution in [0, 0.1) is 11.8 Å². The Bertz CT molecular complexity index is 779. The van der Waals surface area contributed by atoms with Gasteiger partial charge in [-0.3, -0.25) is 14.1 Å². The van der Waals surface area contributed by atoms with Gasteiger partial charge in [-0.1, -0.05) is 0 Å². The number of alkyl halides is 3. The number of epoxide rings is 1. The molecule has 4 fully saturated rings. The smallest absolute Gasteiger partial charge is 0.426 e. The van der Waals surface area contributed by atoms with Crippen LogP contribution >= 0.6 is 0 Å². The molecule has 4 aliphatic rings. The summed E-state index contributed by atoms with van der Waals surface area (Å²) in [6.07, 6.45) is -12.1. The Hall–Kier alpha value is -1.48. The molecule has 4 saturated heterocycles. The van der Waals surface area contributed by atoms with E-state index in [0.29, 0.717) is 6.61 Å². The van der Waals surface area contributed by atoms with Crippen molar-refractivity contribution < 1.29 is 59.4 Å². The first-order valence-electron chi connectivity index (χ1n) is 8.27. The Morgan fingerprint density at radius 3 is 2.54 bits per heavy atom. The topological polar surface area (TPSA) is 138 Å². The number of carbonyl (C=O) groups excluding carboxylic acids is 2. The number of ether oxygens (including phenoxy) is 5. The molecule has 0 aromatic heterocycles. The summed E-state index contributed by atoms with van der Waals surface area (Å²) in [6.45, 7) is 0.606. The third-order valence-corrected chi connectivity index (χ3v) is 5.76. The van der Waals surface area contributed by atoms with Gasteiger partial charge in [0.1, 0.15) is 42.0 Å². The van der Waals surface area contributed by atoms with E-state index in [2.05, 4.69) is 4.74 Å². The zero-order chi connectivity index (χ0) is 20.4. The number of fused-ring (bicyclic) bond motifs is 1. The van der Waals surface area contributed by atoms with E-state index in [1.165, 1.54) is 0 Å². The normalized spacial score (nSPS) is 39.7. The van der Waals surface area contributed by atoms with E-state index in [0.717, 1.165) is 0 Å². The first-order chi connectivity index (χ1) is 13.0. The summed E-state index contributed by atoms with van der Waals surface area (Å²) in [6, 6.07) is 0. The summed E-state index contributed by atoms with van der Waals surface area (Å²) < 4.78 is 95.1. The summed E-state index contributed by atoms with van der Waals surface area (Å²) in [4.78, 5) is 24.5. The molecule has 14 heteroatoms. The van der Waals surface area contributed by atoms with Gasteiger partial charge in [0, 0.05) is 0 Å². The Morgan fingerprint density at radius 1 is 1.29 bits per heavy atom. The maximum Gasteiger partial charge on any atom is 0.426 e. The van der Waals surface area contributed by atoms with Gasteiger partial charge in [-0.2, -0.15) is 21.6 Å². The number of esters is 2. The molecule has 8 atom stereocenters. The molecule has 2 bridgehead atoms. The van der Waals surface area contributed by atoms with E-state index in [-0.39, 0.29) is 12.7 Å². The molecule has 0 aromatic rings. The summed E-state index contributed by atoms with van der Waals surface area (Å²) in [5.74, 6) is -6.78. The summed E-state index contributed by atoms with van der Waals surface area (Å²) >= 11 is 0. The lowest BCUT2D eigenvalue weighted by molar-refractivity contribution is -0.219. The molecule has 8 unspecified atom stereocenters. The maximum absolute atomic E-state index is 13.0. The molecule has 158 valence electrons. The molecule has 4 aliphatic heterocycles.